The third kappa shape index (κ3) is 2.19. The molecule has 0 saturated heterocycles. The minimum absolute atomic E-state index is 0.0747. The topological polar surface area (TPSA) is 71.9 Å². The number of rotatable bonds is 3. The van der Waals surface area contributed by atoms with Crippen molar-refractivity contribution in [2.75, 3.05) is 7.11 Å². The van der Waals surface area contributed by atoms with Crippen molar-refractivity contribution in [3.63, 3.8) is 0 Å². The SMILES string of the molecule is COc1cc(CN)c(C(F)F)nc1C#N. The lowest BCUT2D eigenvalue weighted by Crippen LogP contribution is -2.07. The number of alkyl halides is 2. The van der Waals surface area contributed by atoms with E-state index in [0.717, 1.165) is 0 Å². The van der Waals surface area contributed by atoms with E-state index in [2.05, 4.69) is 4.98 Å². The predicted octanol–water partition coefficient (Wildman–Crippen LogP) is 1.36. The van der Waals surface area contributed by atoms with Crippen LogP contribution in [-0.4, -0.2) is 12.1 Å². The highest BCUT2D eigenvalue weighted by molar-refractivity contribution is 5.42. The summed E-state index contributed by atoms with van der Waals surface area (Å²) in [5.41, 5.74) is 4.85. The molecule has 0 unspecified atom stereocenters. The van der Waals surface area contributed by atoms with Gasteiger partial charge in [0.25, 0.3) is 6.43 Å². The second kappa shape index (κ2) is 4.66. The van der Waals surface area contributed by atoms with Crippen LogP contribution in [0, 0.1) is 11.3 Å². The van der Waals surface area contributed by atoms with Gasteiger partial charge in [0.05, 0.1) is 7.11 Å². The molecule has 0 radical (unpaired) electrons. The molecule has 0 aliphatic carbocycles. The van der Waals surface area contributed by atoms with Crippen LogP contribution in [0.5, 0.6) is 5.75 Å². The number of nitriles is 1. The maximum atomic E-state index is 12.5. The number of nitrogens with zero attached hydrogens (tertiary/aromatic N) is 2. The number of halogens is 2. The third-order valence-corrected chi connectivity index (χ3v) is 1.85. The first-order valence-electron chi connectivity index (χ1n) is 4.10. The smallest absolute Gasteiger partial charge is 0.280 e. The van der Waals surface area contributed by atoms with Crippen LogP contribution in [-0.2, 0) is 6.54 Å². The molecular weight excluding hydrogens is 204 g/mol. The zero-order valence-electron chi connectivity index (χ0n) is 8.00. The highest BCUT2D eigenvalue weighted by atomic mass is 19.3. The summed E-state index contributed by atoms with van der Waals surface area (Å²) >= 11 is 0. The average Bonchev–Trinajstić information content (AvgIpc) is 2.26. The van der Waals surface area contributed by atoms with E-state index in [1.165, 1.54) is 13.2 Å². The van der Waals surface area contributed by atoms with Crippen LogP contribution in [0.25, 0.3) is 0 Å². The summed E-state index contributed by atoms with van der Waals surface area (Å²) in [6, 6.07) is 3.00. The van der Waals surface area contributed by atoms with Gasteiger partial charge in [0.2, 0.25) is 0 Å². The molecule has 15 heavy (non-hydrogen) atoms. The Morgan fingerprint density at radius 3 is 2.73 bits per heavy atom. The van der Waals surface area contributed by atoms with Crippen molar-refractivity contribution < 1.29 is 13.5 Å². The van der Waals surface area contributed by atoms with Crippen molar-refractivity contribution in [1.29, 1.82) is 5.26 Å². The molecule has 80 valence electrons. The first-order valence-corrected chi connectivity index (χ1v) is 4.10. The average molecular weight is 213 g/mol. The molecule has 0 saturated carbocycles. The zero-order chi connectivity index (χ0) is 11.4. The van der Waals surface area contributed by atoms with Crippen LogP contribution in [0.3, 0.4) is 0 Å². The van der Waals surface area contributed by atoms with Crippen molar-refractivity contribution >= 4 is 0 Å². The lowest BCUT2D eigenvalue weighted by molar-refractivity contribution is 0.144. The van der Waals surface area contributed by atoms with Gasteiger partial charge in [-0.3, -0.25) is 0 Å². The molecule has 0 aliphatic heterocycles. The molecule has 0 fully saturated rings. The van der Waals surface area contributed by atoms with Gasteiger partial charge in [-0.1, -0.05) is 0 Å². The van der Waals surface area contributed by atoms with Crippen LogP contribution >= 0.6 is 0 Å². The Kier molecular flexibility index (Phi) is 3.52. The number of aromatic nitrogens is 1. The Labute approximate surface area is 85.3 Å². The summed E-state index contributed by atoms with van der Waals surface area (Å²) in [6.45, 7) is -0.0747. The fourth-order valence-electron chi connectivity index (χ4n) is 1.14. The monoisotopic (exact) mass is 213 g/mol. The van der Waals surface area contributed by atoms with Gasteiger partial charge >= 0.3 is 0 Å². The Hall–Kier alpha value is -1.74. The molecule has 0 spiro atoms. The Bertz CT molecular complexity index is 401. The van der Waals surface area contributed by atoms with Crippen molar-refractivity contribution in [3.05, 3.63) is 23.0 Å². The fourth-order valence-corrected chi connectivity index (χ4v) is 1.14. The van der Waals surface area contributed by atoms with E-state index < -0.39 is 12.1 Å². The van der Waals surface area contributed by atoms with Gasteiger partial charge in [0, 0.05) is 6.54 Å². The van der Waals surface area contributed by atoms with E-state index in [9.17, 15) is 8.78 Å². The van der Waals surface area contributed by atoms with Crippen LogP contribution in [0.15, 0.2) is 6.07 Å². The summed E-state index contributed by atoms with van der Waals surface area (Å²) in [5.74, 6) is 0.155. The first kappa shape index (κ1) is 11.3. The number of ether oxygens (including phenoxy) is 1. The number of pyridine rings is 1. The molecule has 4 nitrogen and oxygen atoms in total. The highest BCUT2D eigenvalue weighted by Crippen LogP contribution is 2.26. The summed E-state index contributed by atoms with van der Waals surface area (Å²) in [7, 11) is 1.33. The molecule has 6 heteroatoms. The third-order valence-electron chi connectivity index (χ3n) is 1.85. The first-order chi connectivity index (χ1) is 7.13. The maximum Gasteiger partial charge on any atom is 0.280 e. The molecule has 0 aromatic carbocycles. The van der Waals surface area contributed by atoms with Crippen molar-refractivity contribution in [3.8, 4) is 11.8 Å². The molecule has 0 bridgehead atoms. The number of hydrogen-bond acceptors (Lipinski definition) is 4. The molecule has 1 aromatic rings. The van der Waals surface area contributed by atoms with Crippen molar-refractivity contribution in [1.82, 2.24) is 4.98 Å². The van der Waals surface area contributed by atoms with Gasteiger partial charge in [-0.15, -0.1) is 0 Å². The molecular formula is C9H9F2N3O. The van der Waals surface area contributed by atoms with E-state index in [-0.39, 0.29) is 23.6 Å². The number of hydrogen-bond donors (Lipinski definition) is 1. The number of nitrogens with two attached hydrogens (primary N) is 1. The highest BCUT2D eigenvalue weighted by Gasteiger charge is 2.18. The molecule has 1 rings (SSSR count). The summed E-state index contributed by atoms with van der Waals surface area (Å²) in [6.07, 6.45) is -2.75. The Morgan fingerprint density at radius 2 is 2.33 bits per heavy atom. The van der Waals surface area contributed by atoms with E-state index in [1.54, 1.807) is 6.07 Å². The second-order valence-electron chi connectivity index (χ2n) is 2.70. The molecule has 2 N–H and O–H groups in total. The minimum Gasteiger partial charge on any atom is -0.494 e. The van der Waals surface area contributed by atoms with Crippen LogP contribution in [0.4, 0.5) is 8.78 Å². The quantitative estimate of drug-likeness (QED) is 0.822. The van der Waals surface area contributed by atoms with E-state index in [4.69, 9.17) is 15.7 Å². The molecule has 0 atom stereocenters. The van der Waals surface area contributed by atoms with Gasteiger partial charge in [-0.25, -0.2) is 13.8 Å². The zero-order valence-corrected chi connectivity index (χ0v) is 8.00. The van der Waals surface area contributed by atoms with Crippen LogP contribution in [0.2, 0.25) is 0 Å². The maximum absolute atomic E-state index is 12.5. The van der Waals surface area contributed by atoms with Gasteiger partial charge in [-0.2, -0.15) is 5.26 Å². The lowest BCUT2D eigenvalue weighted by atomic mass is 10.1. The van der Waals surface area contributed by atoms with E-state index >= 15 is 0 Å². The van der Waals surface area contributed by atoms with Gasteiger partial charge in [0.1, 0.15) is 11.8 Å². The predicted molar refractivity (Wildman–Crippen MR) is 48.4 cm³/mol. The molecule has 0 aliphatic rings. The fraction of sp³-hybridized carbons (Fsp3) is 0.333. The Morgan fingerprint density at radius 1 is 1.67 bits per heavy atom. The van der Waals surface area contributed by atoms with E-state index in [0.29, 0.717) is 0 Å². The molecule has 1 heterocycles. The molecule has 1 aromatic heterocycles. The standard InChI is InChI=1S/C9H9F2N3O/c1-15-7-2-5(3-12)8(9(10)11)14-6(7)4-13/h2,9H,3,12H2,1H3. The lowest BCUT2D eigenvalue weighted by Gasteiger charge is -2.09. The minimum atomic E-state index is -2.75. The van der Waals surface area contributed by atoms with Gasteiger partial charge in [0.15, 0.2) is 11.4 Å². The molecule has 0 amide bonds. The van der Waals surface area contributed by atoms with Crippen molar-refractivity contribution in [2.24, 2.45) is 5.73 Å². The van der Waals surface area contributed by atoms with Gasteiger partial charge < -0.3 is 10.5 Å². The second-order valence-corrected chi connectivity index (χ2v) is 2.70. The normalized spacial score (nSPS) is 10.1. The van der Waals surface area contributed by atoms with Gasteiger partial charge in [-0.05, 0) is 11.6 Å². The summed E-state index contributed by atoms with van der Waals surface area (Å²) in [5, 5.41) is 8.65. The Balaban J connectivity index is 3.36. The summed E-state index contributed by atoms with van der Waals surface area (Å²) < 4.78 is 29.8. The number of methoxy groups -OCH3 is 1. The van der Waals surface area contributed by atoms with Crippen LogP contribution in [0.1, 0.15) is 23.4 Å². The van der Waals surface area contributed by atoms with E-state index in [1.807, 2.05) is 0 Å². The van der Waals surface area contributed by atoms with Crippen molar-refractivity contribution in [2.45, 2.75) is 13.0 Å². The largest absolute Gasteiger partial charge is 0.494 e. The summed E-state index contributed by atoms with van der Waals surface area (Å²) in [4.78, 5) is 3.52. The van der Waals surface area contributed by atoms with Crippen LogP contribution < -0.4 is 10.5 Å².